The van der Waals surface area contributed by atoms with E-state index in [1.165, 1.54) is 0 Å². The van der Waals surface area contributed by atoms with Crippen LogP contribution in [0.15, 0.2) is 29.3 Å². The SMILES string of the molecule is CCOCCCNC(=NC)NCc1ccccc1CS(=O)(=O)NC(C)C. The summed E-state index contributed by atoms with van der Waals surface area (Å²) >= 11 is 0. The highest BCUT2D eigenvalue weighted by Gasteiger charge is 2.15. The first-order valence-electron chi connectivity index (χ1n) is 8.97. The number of rotatable bonds is 11. The van der Waals surface area contributed by atoms with Crippen LogP contribution in [-0.4, -0.2) is 47.2 Å². The maximum atomic E-state index is 12.2. The third kappa shape index (κ3) is 9.17. The molecule has 1 rings (SSSR count). The first-order valence-corrected chi connectivity index (χ1v) is 10.6. The summed E-state index contributed by atoms with van der Waals surface area (Å²) in [5.41, 5.74) is 1.71. The summed E-state index contributed by atoms with van der Waals surface area (Å²) < 4.78 is 32.3. The third-order valence-electron chi connectivity index (χ3n) is 3.51. The van der Waals surface area contributed by atoms with Gasteiger partial charge in [0.15, 0.2) is 5.96 Å². The lowest BCUT2D eigenvalue weighted by Crippen LogP contribution is -2.38. The molecule has 26 heavy (non-hydrogen) atoms. The number of sulfonamides is 1. The van der Waals surface area contributed by atoms with Crippen LogP contribution < -0.4 is 15.4 Å². The van der Waals surface area contributed by atoms with E-state index in [4.69, 9.17) is 4.74 Å². The van der Waals surface area contributed by atoms with Gasteiger partial charge in [-0.1, -0.05) is 24.3 Å². The minimum absolute atomic E-state index is 0.0383. The molecule has 1 aromatic carbocycles. The van der Waals surface area contributed by atoms with Crippen molar-refractivity contribution in [2.24, 2.45) is 4.99 Å². The molecule has 0 spiro atoms. The fourth-order valence-corrected chi connectivity index (χ4v) is 3.89. The van der Waals surface area contributed by atoms with Crippen LogP contribution in [0, 0.1) is 0 Å². The lowest BCUT2D eigenvalue weighted by atomic mass is 10.1. The lowest BCUT2D eigenvalue weighted by molar-refractivity contribution is 0.145. The van der Waals surface area contributed by atoms with Crippen LogP contribution in [0.25, 0.3) is 0 Å². The van der Waals surface area contributed by atoms with Gasteiger partial charge in [0.2, 0.25) is 10.0 Å². The lowest BCUT2D eigenvalue weighted by Gasteiger charge is -2.15. The van der Waals surface area contributed by atoms with Gasteiger partial charge in [-0.25, -0.2) is 13.1 Å². The predicted octanol–water partition coefficient (Wildman–Crippen LogP) is 1.61. The van der Waals surface area contributed by atoms with Crippen molar-refractivity contribution >= 4 is 16.0 Å². The van der Waals surface area contributed by atoms with Crippen LogP contribution in [-0.2, 0) is 27.1 Å². The molecule has 8 heteroatoms. The second-order valence-corrected chi connectivity index (χ2v) is 7.96. The van der Waals surface area contributed by atoms with Crippen LogP contribution in [0.5, 0.6) is 0 Å². The maximum Gasteiger partial charge on any atom is 0.216 e. The van der Waals surface area contributed by atoms with E-state index < -0.39 is 10.0 Å². The largest absolute Gasteiger partial charge is 0.382 e. The Morgan fingerprint density at radius 2 is 1.88 bits per heavy atom. The van der Waals surface area contributed by atoms with Gasteiger partial charge in [0.25, 0.3) is 0 Å². The van der Waals surface area contributed by atoms with Crippen molar-refractivity contribution in [3.63, 3.8) is 0 Å². The molecule has 0 aliphatic heterocycles. The average molecular weight is 385 g/mol. The summed E-state index contributed by atoms with van der Waals surface area (Å²) in [7, 11) is -1.65. The zero-order valence-corrected chi connectivity index (χ0v) is 17.0. The molecule has 0 aromatic heterocycles. The highest BCUT2D eigenvalue weighted by molar-refractivity contribution is 7.88. The fourth-order valence-electron chi connectivity index (χ4n) is 2.40. The number of nitrogens with zero attached hydrogens (tertiary/aromatic N) is 1. The molecule has 3 N–H and O–H groups in total. The van der Waals surface area contributed by atoms with Gasteiger partial charge in [-0.3, -0.25) is 4.99 Å². The van der Waals surface area contributed by atoms with E-state index in [0.29, 0.717) is 19.1 Å². The highest BCUT2D eigenvalue weighted by Crippen LogP contribution is 2.12. The van der Waals surface area contributed by atoms with Crippen molar-refractivity contribution in [1.29, 1.82) is 0 Å². The Morgan fingerprint density at radius 3 is 2.50 bits per heavy atom. The monoisotopic (exact) mass is 384 g/mol. The number of guanidine groups is 1. The van der Waals surface area contributed by atoms with Crippen molar-refractivity contribution in [3.8, 4) is 0 Å². The highest BCUT2D eigenvalue weighted by atomic mass is 32.2. The Morgan fingerprint density at radius 1 is 1.19 bits per heavy atom. The van der Waals surface area contributed by atoms with Gasteiger partial charge in [-0.15, -0.1) is 0 Å². The van der Waals surface area contributed by atoms with Gasteiger partial charge in [0.1, 0.15) is 0 Å². The summed E-state index contributed by atoms with van der Waals surface area (Å²) in [6, 6.07) is 7.40. The van der Waals surface area contributed by atoms with Crippen LogP contribution in [0.4, 0.5) is 0 Å². The quantitative estimate of drug-likeness (QED) is 0.306. The molecule has 0 aliphatic carbocycles. The van der Waals surface area contributed by atoms with Crippen LogP contribution in [0.3, 0.4) is 0 Å². The number of hydrogen-bond acceptors (Lipinski definition) is 4. The molecule has 0 atom stereocenters. The Balaban J connectivity index is 2.61. The average Bonchev–Trinajstić information content (AvgIpc) is 2.57. The first kappa shape index (κ1) is 22.4. The second-order valence-electron chi connectivity index (χ2n) is 6.20. The van der Waals surface area contributed by atoms with Crippen LogP contribution in [0.2, 0.25) is 0 Å². The summed E-state index contributed by atoms with van der Waals surface area (Å²) in [5.74, 6) is 0.642. The first-order chi connectivity index (χ1) is 12.4. The molecule has 0 fully saturated rings. The minimum Gasteiger partial charge on any atom is -0.382 e. The third-order valence-corrected chi connectivity index (χ3v) is 5.03. The van der Waals surface area contributed by atoms with Gasteiger partial charge < -0.3 is 15.4 Å². The van der Waals surface area contributed by atoms with E-state index in [1.807, 2.05) is 45.0 Å². The van der Waals surface area contributed by atoms with Crippen LogP contribution in [0.1, 0.15) is 38.3 Å². The van der Waals surface area contributed by atoms with E-state index in [1.54, 1.807) is 7.05 Å². The van der Waals surface area contributed by atoms with Crippen molar-refractivity contribution in [3.05, 3.63) is 35.4 Å². The molecule has 0 radical (unpaired) electrons. The van der Waals surface area contributed by atoms with Gasteiger partial charge >= 0.3 is 0 Å². The molecule has 0 unspecified atom stereocenters. The van der Waals surface area contributed by atoms with Crippen molar-refractivity contribution in [2.45, 2.75) is 45.5 Å². The molecule has 0 saturated heterocycles. The normalized spacial score (nSPS) is 12.4. The molecule has 148 valence electrons. The van der Waals surface area contributed by atoms with Crippen molar-refractivity contribution < 1.29 is 13.2 Å². The standard InChI is InChI=1S/C18H32N4O3S/c1-5-25-12-8-11-20-18(19-4)21-13-16-9-6-7-10-17(16)14-26(23,24)22-15(2)3/h6-7,9-10,15,22H,5,8,11-14H2,1-4H3,(H2,19,20,21). The summed E-state index contributed by atoms with van der Waals surface area (Å²) in [5, 5.41) is 6.45. The van der Waals surface area contributed by atoms with E-state index in [2.05, 4.69) is 20.3 Å². The Hall–Kier alpha value is -1.64. The topological polar surface area (TPSA) is 91.8 Å². The fraction of sp³-hybridized carbons (Fsp3) is 0.611. The van der Waals surface area contributed by atoms with Gasteiger partial charge in [-0.05, 0) is 38.3 Å². The zero-order valence-electron chi connectivity index (χ0n) is 16.2. The molecule has 0 heterocycles. The van der Waals surface area contributed by atoms with E-state index in [-0.39, 0.29) is 11.8 Å². The molecule has 0 saturated carbocycles. The molecule has 0 bridgehead atoms. The molecule has 0 aliphatic rings. The second kappa shape index (κ2) is 11.9. The van der Waals surface area contributed by atoms with E-state index in [9.17, 15) is 8.42 Å². The van der Waals surface area contributed by atoms with Crippen molar-refractivity contribution in [2.75, 3.05) is 26.8 Å². The van der Waals surface area contributed by atoms with Gasteiger partial charge in [0.05, 0.1) is 5.75 Å². The summed E-state index contributed by atoms with van der Waals surface area (Å²) in [6.07, 6.45) is 0.893. The number of hydrogen-bond donors (Lipinski definition) is 3. The Bertz CT molecular complexity index is 660. The molecule has 7 nitrogen and oxygen atoms in total. The maximum absolute atomic E-state index is 12.2. The minimum atomic E-state index is -3.36. The molecule has 0 amide bonds. The number of nitrogens with one attached hydrogen (secondary N) is 3. The predicted molar refractivity (Wildman–Crippen MR) is 107 cm³/mol. The van der Waals surface area contributed by atoms with Gasteiger partial charge in [0, 0.05) is 39.4 Å². The van der Waals surface area contributed by atoms with Crippen LogP contribution >= 0.6 is 0 Å². The smallest absolute Gasteiger partial charge is 0.216 e. The zero-order chi connectivity index (χ0) is 19.4. The summed E-state index contributed by atoms with van der Waals surface area (Å²) in [6.45, 7) is 8.29. The van der Waals surface area contributed by atoms with E-state index >= 15 is 0 Å². The Kier molecular flexibility index (Phi) is 10.2. The van der Waals surface area contributed by atoms with Gasteiger partial charge in [-0.2, -0.15) is 0 Å². The van der Waals surface area contributed by atoms with E-state index in [0.717, 1.165) is 30.7 Å². The number of benzene rings is 1. The molecule has 1 aromatic rings. The molecular weight excluding hydrogens is 352 g/mol. The Labute approximate surface area is 157 Å². The number of ether oxygens (including phenoxy) is 1. The molecular formula is C18H32N4O3S. The number of aliphatic imine (C=N–C) groups is 1. The van der Waals surface area contributed by atoms with Crippen molar-refractivity contribution in [1.82, 2.24) is 15.4 Å². The summed E-state index contributed by atoms with van der Waals surface area (Å²) in [4.78, 5) is 4.19.